The van der Waals surface area contributed by atoms with Gasteiger partial charge in [0.2, 0.25) is 5.91 Å². The fraction of sp³-hybridized carbons (Fsp3) is 0.364. The minimum atomic E-state index is -0.736. The lowest BCUT2D eigenvalue weighted by Crippen LogP contribution is -2.50. The lowest BCUT2D eigenvalue weighted by molar-refractivity contribution is -0.142. The number of benzene rings is 2. The van der Waals surface area contributed by atoms with Crippen LogP contribution in [-0.2, 0) is 16.1 Å². The summed E-state index contributed by atoms with van der Waals surface area (Å²) in [7, 11) is 0. The molecule has 2 atom stereocenters. The number of amides is 2. The number of carbonyl (C=O) groups excluding carboxylic acids is 2. The first-order valence-electron chi connectivity index (χ1n) is 9.74. The number of hydrogen-bond donors (Lipinski definition) is 1. The number of carbonyl (C=O) groups is 2. The van der Waals surface area contributed by atoms with Gasteiger partial charge in [-0.05, 0) is 56.2 Å². The van der Waals surface area contributed by atoms with Gasteiger partial charge in [0.25, 0.3) is 5.91 Å². The Balaban J connectivity index is 2.20. The third-order valence-electron chi connectivity index (χ3n) is 4.75. The van der Waals surface area contributed by atoms with Gasteiger partial charge in [0.15, 0.2) is 6.61 Å². The van der Waals surface area contributed by atoms with Crippen LogP contribution in [0.15, 0.2) is 36.4 Å². The Bertz CT molecular complexity index is 939. The molecule has 1 N–H and O–H groups in total. The molecule has 0 aliphatic rings. The van der Waals surface area contributed by atoms with Crippen LogP contribution in [0.4, 0.5) is 0 Å². The van der Waals surface area contributed by atoms with Crippen LogP contribution in [0.3, 0.4) is 0 Å². The molecule has 0 fully saturated rings. The van der Waals surface area contributed by atoms with E-state index in [0.717, 1.165) is 12.0 Å². The Morgan fingerprint density at radius 2 is 1.71 bits per heavy atom. The van der Waals surface area contributed by atoms with Gasteiger partial charge >= 0.3 is 0 Å². The molecule has 0 bridgehead atoms. The zero-order valence-corrected chi connectivity index (χ0v) is 20.4. The van der Waals surface area contributed by atoms with Crippen LogP contribution >= 0.6 is 46.4 Å². The van der Waals surface area contributed by atoms with Gasteiger partial charge in [0.05, 0.1) is 15.1 Å². The molecule has 9 heteroatoms. The molecule has 0 radical (unpaired) electrons. The number of nitrogens with zero attached hydrogens (tertiary/aromatic N) is 1. The topological polar surface area (TPSA) is 58.6 Å². The molecule has 2 aromatic rings. The van der Waals surface area contributed by atoms with Crippen LogP contribution in [0.2, 0.25) is 20.1 Å². The monoisotopic (exact) mass is 504 g/mol. The third kappa shape index (κ3) is 7.46. The first-order chi connectivity index (χ1) is 14.6. The van der Waals surface area contributed by atoms with Crippen molar-refractivity contribution in [2.45, 2.75) is 45.8 Å². The molecule has 0 aromatic heterocycles. The van der Waals surface area contributed by atoms with Crippen molar-refractivity contribution in [2.75, 3.05) is 6.61 Å². The van der Waals surface area contributed by atoms with E-state index in [-0.39, 0.29) is 31.0 Å². The maximum absolute atomic E-state index is 13.0. The van der Waals surface area contributed by atoms with E-state index in [1.807, 2.05) is 13.8 Å². The Morgan fingerprint density at radius 3 is 2.32 bits per heavy atom. The molecule has 0 saturated heterocycles. The molecule has 5 nitrogen and oxygen atoms in total. The molecular weight excluding hydrogens is 482 g/mol. The lowest BCUT2D eigenvalue weighted by atomic mass is 10.1. The highest BCUT2D eigenvalue weighted by atomic mass is 35.5. The fourth-order valence-electron chi connectivity index (χ4n) is 2.70. The Labute approximate surface area is 202 Å². The van der Waals surface area contributed by atoms with E-state index in [0.29, 0.717) is 25.8 Å². The van der Waals surface area contributed by atoms with Gasteiger partial charge in [-0.15, -0.1) is 0 Å². The predicted molar refractivity (Wildman–Crippen MR) is 126 cm³/mol. The maximum Gasteiger partial charge on any atom is 0.261 e. The van der Waals surface area contributed by atoms with Crippen LogP contribution in [0.25, 0.3) is 0 Å². The van der Waals surface area contributed by atoms with Crippen molar-refractivity contribution in [3.8, 4) is 5.75 Å². The van der Waals surface area contributed by atoms with Gasteiger partial charge < -0.3 is 15.0 Å². The molecule has 0 unspecified atom stereocenters. The van der Waals surface area contributed by atoms with Gasteiger partial charge in [-0.1, -0.05) is 59.4 Å². The van der Waals surface area contributed by atoms with Crippen LogP contribution < -0.4 is 10.1 Å². The second-order valence-electron chi connectivity index (χ2n) is 7.13. The second-order valence-corrected chi connectivity index (χ2v) is 8.79. The molecule has 0 heterocycles. The summed E-state index contributed by atoms with van der Waals surface area (Å²) in [6.45, 7) is 5.40. The number of hydrogen-bond acceptors (Lipinski definition) is 3. The summed E-state index contributed by atoms with van der Waals surface area (Å²) in [5, 5.41) is 4.43. The zero-order valence-electron chi connectivity index (χ0n) is 17.4. The van der Waals surface area contributed by atoms with E-state index < -0.39 is 6.04 Å². The van der Waals surface area contributed by atoms with E-state index in [2.05, 4.69) is 5.32 Å². The number of nitrogens with one attached hydrogen (secondary N) is 1. The van der Waals surface area contributed by atoms with Crippen LogP contribution in [0, 0.1) is 0 Å². The van der Waals surface area contributed by atoms with Crippen molar-refractivity contribution in [1.29, 1.82) is 0 Å². The SMILES string of the molecule is CC[C@H](C)NC(=O)[C@@H](C)N(Cc1ccc(Cl)c(Cl)c1)C(=O)COc1ccc(Cl)cc1Cl. The van der Waals surface area contributed by atoms with E-state index in [1.54, 1.807) is 37.3 Å². The molecule has 31 heavy (non-hydrogen) atoms. The quantitative estimate of drug-likeness (QED) is 0.453. The number of ether oxygens (including phenoxy) is 1. The smallest absolute Gasteiger partial charge is 0.261 e. The molecule has 0 aliphatic carbocycles. The van der Waals surface area contributed by atoms with E-state index in [9.17, 15) is 9.59 Å². The normalized spacial score (nSPS) is 12.7. The minimum absolute atomic E-state index is 0.0130. The summed E-state index contributed by atoms with van der Waals surface area (Å²) in [6, 6.07) is 9.05. The van der Waals surface area contributed by atoms with Gasteiger partial charge in [0.1, 0.15) is 11.8 Å². The third-order valence-corrected chi connectivity index (χ3v) is 6.02. The molecule has 0 aliphatic heterocycles. The molecule has 2 amide bonds. The summed E-state index contributed by atoms with van der Waals surface area (Å²) in [4.78, 5) is 27.2. The summed E-state index contributed by atoms with van der Waals surface area (Å²) in [6.07, 6.45) is 0.775. The Morgan fingerprint density at radius 1 is 1.00 bits per heavy atom. The summed E-state index contributed by atoms with van der Waals surface area (Å²) in [5.74, 6) is -0.318. The van der Waals surface area contributed by atoms with E-state index in [1.165, 1.54) is 11.0 Å². The number of rotatable bonds is 9. The minimum Gasteiger partial charge on any atom is -0.482 e. The summed E-state index contributed by atoms with van der Waals surface area (Å²) < 4.78 is 5.59. The van der Waals surface area contributed by atoms with Gasteiger partial charge in [-0.25, -0.2) is 0 Å². The Hall–Kier alpha value is -1.66. The average molecular weight is 506 g/mol. The van der Waals surface area contributed by atoms with Gasteiger partial charge in [-0.2, -0.15) is 0 Å². The molecule has 2 aromatic carbocycles. The van der Waals surface area contributed by atoms with Crippen molar-refractivity contribution in [2.24, 2.45) is 0 Å². The zero-order chi connectivity index (χ0) is 23.1. The highest BCUT2D eigenvalue weighted by Gasteiger charge is 2.27. The summed E-state index contributed by atoms with van der Waals surface area (Å²) in [5.41, 5.74) is 0.732. The first kappa shape index (κ1) is 25.6. The average Bonchev–Trinajstić information content (AvgIpc) is 2.72. The van der Waals surface area contributed by atoms with Crippen LogP contribution in [-0.4, -0.2) is 35.4 Å². The largest absolute Gasteiger partial charge is 0.482 e. The maximum atomic E-state index is 13.0. The number of halogens is 4. The van der Waals surface area contributed by atoms with Crippen molar-refractivity contribution in [1.82, 2.24) is 10.2 Å². The molecular formula is C22H24Cl4N2O3. The Kier molecular flexibility index (Phi) is 9.76. The second kappa shape index (κ2) is 11.8. The van der Waals surface area contributed by atoms with Crippen molar-refractivity contribution >= 4 is 58.2 Å². The van der Waals surface area contributed by atoms with E-state index in [4.69, 9.17) is 51.1 Å². The van der Waals surface area contributed by atoms with Crippen molar-refractivity contribution in [3.05, 3.63) is 62.1 Å². The predicted octanol–water partition coefficient (Wildman–Crippen LogP) is 6.01. The van der Waals surface area contributed by atoms with Crippen LogP contribution in [0.1, 0.15) is 32.8 Å². The van der Waals surface area contributed by atoms with Crippen LogP contribution in [0.5, 0.6) is 5.75 Å². The molecule has 0 spiro atoms. The fourth-order valence-corrected chi connectivity index (χ4v) is 3.48. The molecule has 0 saturated carbocycles. The summed E-state index contributed by atoms with van der Waals surface area (Å²) >= 11 is 24.1. The first-order valence-corrected chi connectivity index (χ1v) is 11.2. The van der Waals surface area contributed by atoms with E-state index >= 15 is 0 Å². The lowest BCUT2D eigenvalue weighted by Gasteiger charge is -2.29. The highest BCUT2D eigenvalue weighted by molar-refractivity contribution is 6.42. The van der Waals surface area contributed by atoms with Gasteiger partial charge in [-0.3, -0.25) is 9.59 Å². The molecule has 168 valence electrons. The van der Waals surface area contributed by atoms with Crippen molar-refractivity contribution < 1.29 is 14.3 Å². The van der Waals surface area contributed by atoms with Gasteiger partial charge in [0, 0.05) is 17.6 Å². The standard InChI is InChI=1S/C22H24Cl4N2O3/c1-4-13(2)27-22(30)14(3)28(11-15-5-7-17(24)18(25)9-15)21(29)12-31-20-8-6-16(23)10-19(20)26/h5-10,13-14H,4,11-12H2,1-3H3,(H,27,30)/t13-,14+/m0/s1. The van der Waals surface area contributed by atoms with Crippen molar-refractivity contribution in [3.63, 3.8) is 0 Å². The highest BCUT2D eigenvalue weighted by Crippen LogP contribution is 2.28. The molecule has 2 rings (SSSR count).